The third kappa shape index (κ3) is 1.88. The lowest BCUT2D eigenvalue weighted by Gasteiger charge is -2.30. The molecule has 0 aromatic carbocycles. The summed E-state index contributed by atoms with van der Waals surface area (Å²) in [7, 11) is 0. The van der Waals surface area contributed by atoms with Crippen molar-refractivity contribution in [3.8, 4) is 0 Å². The summed E-state index contributed by atoms with van der Waals surface area (Å²) in [4.78, 5) is 4.32. The molecule has 1 aliphatic carbocycles. The number of hydrogen-bond acceptors (Lipinski definition) is 3. The van der Waals surface area contributed by atoms with E-state index in [9.17, 15) is 5.11 Å². The second kappa shape index (κ2) is 3.35. The number of hydrogen-bond donors (Lipinski definition) is 2. The first-order valence-corrected chi connectivity index (χ1v) is 5.11. The van der Waals surface area contributed by atoms with E-state index in [0.29, 0.717) is 5.70 Å². The molecule has 0 bridgehead atoms. The van der Waals surface area contributed by atoms with Crippen LogP contribution in [-0.4, -0.2) is 23.0 Å². The van der Waals surface area contributed by atoms with Crippen LogP contribution in [0.3, 0.4) is 0 Å². The van der Waals surface area contributed by atoms with Gasteiger partial charge in [-0.15, -0.1) is 0 Å². The third-order valence-electron chi connectivity index (χ3n) is 2.75. The minimum atomic E-state index is -0.888. The average molecular weight is 204 g/mol. The molecule has 3 N–H and O–H groups in total. The highest BCUT2D eigenvalue weighted by Gasteiger charge is 2.29. The first-order valence-electron chi connectivity index (χ1n) is 5.11. The molecular formula is C12H16N2O. The van der Waals surface area contributed by atoms with Crippen LogP contribution in [0.15, 0.2) is 40.6 Å². The van der Waals surface area contributed by atoms with Gasteiger partial charge in [0, 0.05) is 23.4 Å². The minimum Gasteiger partial charge on any atom is -0.399 e. The van der Waals surface area contributed by atoms with Crippen LogP contribution >= 0.6 is 0 Å². The van der Waals surface area contributed by atoms with Crippen LogP contribution in [0.5, 0.6) is 0 Å². The molecule has 2 unspecified atom stereocenters. The van der Waals surface area contributed by atoms with Crippen molar-refractivity contribution in [1.82, 2.24) is 0 Å². The van der Waals surface area contributed by atoms with E-state index in [1.54, 1.807) is 20.1 Å². The standard InChI is InChI=1S/C12H16N2O/c1-12(2,15)9-6-8-4-3-5-14-11(8)7-10(9)13/h3-8,11,15H,13H2,1-2H3. The van der Waals surface area contributed by atoms with Crippen molar-refractivity contribution in [1.29, 1.82) is 0 Å². The van der Waals surface area contributed by atoms with Gasteiger partial charge in [0.1, 0.15) is 0 Å². The topological polar surface area (TPSA) is 58.6 Å². The normalized spacial score (nSPS) is 29.5. The molecule has 0 fully saturated rings. The lowest BCUT2D eigenvalue weighted by Crippen LogP contribution is -2.32. The fourth-order valence-corrected chi connectivity index (χ4v) is 1.97. The number of rotatable bonds is 1. The Hall–Kier alpha value is -1.35. The third-order valence-corrected chi connectivity index (χ3v) is 2.75. The number of fused-ring (bicyclic) bond motifs is 1. The molecule has 0 saturated heterocycles. The van der Waals surface area contributed by atoms with E-state index >= 15 is 0 Å². The van der Waals surface area contributed by atoms with Crippen LogP contribution in [0.2, 0.25) is 0 Å². The Morgan fingerprint density at radius 3 is 2.80 bits per heavy atom. The molecule has 0 aromatic rings. The second-order valence-corrected chi connectivity index (χ2v) is 4.51. The Labute approximate surface area is 89.7 Å². The maximum Gasteiger partial charge on any atom is 0.0857 e. The fraction of sp³-hybridized carbons (Fsp3) is 0.417. The molecule has 0 radical (unpaired) electrons. The molecule has 0 amide bonds. The van der Waals surface area contributed by atoms with Gasteiger partial charge in [0.05, 0.1) is 11.6 Å². The summed E-state index contributed by atoms with van der Waals surface area (Å²) in [6, 6.07) is 0.0982. The quantitative estimate of drug-likeness (QED) is 0.673. The van der Waals surface area contributed by atoms with E-state index in [-0.39, 0.29) is 12.0 Å². The number of nitrogens with two attached hydrogens (primary N) is 1. The number of aliphatic hydroxyl groups is 1. The van der Waals surface area contributed by atoms with E-state index < -0.39 is 5.60 Å². The van der Waals surface area contributed by atoms with Crippen molar-refractivity contribution in [2.45, 2.75) is 25.5 Å². The Morgan fingerprint density at radius 2 is 2.13 bits per heavy atom. The fourth-order valence-electron chi connectivity index (χ4n) is 1.97. The number of allylic oxidation sites excluding steroid dienone is 1. The Balaban J connectivity index is 2.36. The van der Waals surface area contributed by atoms with Gasteiger partial charge in [-0.1, -0.05) is 12.2 Å². The summed E-state index contributed by atoms with van der Waals surface area (Å²) < 4.78 is 0. The monoisotopic (exact) mass is 204 g/mol. The minimum absolute atomic E-state index is 0.0982. The molecule has 1 heterocycles. The van der Waals surface area contributed by atoms with Crippen LogP contribution in [0.1, 0.15) is 13.8 Å². The average Bonchev–Trinajstić information content (AvgIpc) is 2.15. The zero-order valence-electron chi connectivity index (χ0n) is 9.01. The predicted octanol–water partition coefficient (Wildman–Crippen LogP) is 1.17. The summed E-state index contributed by atoms with van der Waals surface area (Å²) in [6.45, 7) is 3.49. The van der Waals surface area contributed by atoms with Crippen LogP contribution in [0, 0.1) is 5.92 Å². The van der Waals surface area contributed by atoms with Gasteiger partial charge in [-0.2, -0.15) is 0 Å². The van der Waals surface area contributed by atoms with E-state index in [0.717, 1.165) is 5.57 Å². The maximum absolute atomic E-state index is 9.95. The van der Waals surface area contributed by atoms with E-state index in [4.69, 9.17) is 5.73 Å². The molecule has 80 valence electrons. The molecule has 0 aromatic heterocycles. The lowest BCUT2D eigenvalue weighted by atomic mass is 9.83. The van der Waals surface area contributed by atoms with E-state index in [1.807, 2.05) is 18.2 Å². The molecule has 0 saturated carbocycles. The van der Waals surface area contributed by atoms with Gasteiger partial charge in [0.15, 0.2) is 0 Å². The number of dihydropyridines is 1. The highest BCUT2D eigenvalue weighted by Crippen LogP contribution is 2.31. The lowest BCUT2D eigenvalue weighted by molar-refractivity contribution is 0.120. The van der Waals surface area contributed by atoms with Gasteiger partial charge >= 0.3 is 0 Å². The van der Waals surface area contributed by atoms with Crippen LogP contribution in [0.25, 0.3) is 0 Å². The van der Waals surface area contributed by atoms with Gasteiger partial charge in [-0.3, -0.25) is 4.99 Å². The van der Waals surface area contributed by atoms with E-state index in [2.05, 4.69) is 11.1 Å². The van der Waals surface area contributed by atoms with Crippen molar-refractivity contribution < 1.29 is 5.11 Å². The SMILES string of the molecule is CC(C)(O)C1=CC2C=CC=NC2C=C1N. The van der Waals surface area contributed by atoms with Crippen molar-refractivity contribution in [2.75, 3.05) is 0 Å². The Kier molecular flexibility index (Phi) is 2.27. The molecular weight excluding hydrogens is 188 g/mol. The molecule has 2 aliphatic rings. The zero-order chi connectivity index (χ0) is 11.1. The van der Waals surface area contributed by atoms with Gasteiger partial charge in [0.25, 0.3) is 0 Å². The molecule has 1 aliphatic heterocycles. The maximum atomic E-state index is 9.95. The summed E-state index contributed by atoms with van der Waals surface area (Å²) in [5.74, 6) is 0.226. The van der Waals surface area contributed by atoms with Crippen molar-refractivity contribution in [3.63, 3.8) is 0 Å². The molecule has 2 atom stereocenters. The van der Waals surface area contributed by atoms with Crippen LogP contribution < -0.4 is 5.73 Å². The predicted molar refractivity (Wildman–Crippen MR) is 61.6 cm³/mol. The largest absolute Gasteiger partial charge is 0.399 e. The molecule has 2 rings (SSSR count). The first-order chi connectivity index (χ1) is 6.98. The second-order valence-electron chi connectivity index (χ2n) is 4.51. The Bertz CT molecular complexity index is 383. The molecule has 3 nitrogen and oxygen atoms in total. The smallest absolute Gasteiger partial charge is 0.0857 e. The number of aliphatic imine (C=N–C) groups is 1. The molecule has 0 spiro atoms. The summed E-state index contributed by atoms with van der Waals surface area (Å²) >= 11 is 0. The van der Waals surface area contributed by atoms with Crippen LogP contribution in [0.4, 0.5) is 0 Å². The van der Waals surface area contributed by atoms with Crippen molar-refractivity contribution in [2.24, 2.45) is 16.6 Å². The molecule has 15 heavy (non-hydrogen) atoms. The number of nitrogens with zero attached hydrogens (tertiary/aromatic N) is 1. The Morgan fingerprint density at radius 1 is 1.40 bits per heavy atom. The summed E-state index contributed by atoms with van der Waals surface area (Å²) in [5, 5.41) is 9.95. The summed E-state index contributed by atoms with van der Waals surface area (Å²) in [6.07, 6.45) is 9.71. The van der Waals surface area contributed by atoms with Crippen molar-refractivity contribution >= 4 is 6.21 Å². The van der Waals surface area contributed by atoms with Gasteiger partial charge in [0.2, 0.25) is 0 Å². The van der Waals surface area contributed by atoms with E-state index in [1.165, 1.54) is 0 Å². The molecule has 3 heteroatoms. The zero-order valence-corrected chi connectivity index (χ0v) is 9.01. The van der Waals surface area contributed by atoms with Crippen molar-refractivity contribution in [3.05, 3.63) is 35.6 Å². The first kappa shape index (κ1) is 10.2. The highest BCUT2D eigenvalue weighted by molar-refractivity contribution is 5.73. The van der Waals surface area contributed by atoms with Gasteiger partial charge in [-0.25, -0.2) is 0 Å². The van der Waals surface area contributed by atoms with Gasteiger partial charge < -0.3 is 10.8 Å². The van der Waals surface area contributed by atoms with Gasteiger partial charge in [-0.05, 0) is 26.0 Å². The summed E-state index contributed by atoms with van der Waals surface area (Å²) in [5.41, 5.74) is 6.45. The highest BCUT2D eigenvalue weighted by atomic mass is 16.3. The van der Waals surface area contributed by atoms with Crippen LogP contribution in [-0.2, 0) is 0 Å².